The molecule has 70 heavy (non-hydrogen) atoms. The molecule has 1 saturated heterocycles. The average Bonchev–Trinajstić information content (AvgIpc) is 3.98. The summed E-state index contributed by atoms with van der Waals surface area (Å²) in [5.74, 6) is 0.502. The predicted molar refractivity (Wildman–Crippen MR) is 269 cm³/mol. The van der Waals surface area contributed by atoms with Gasteiger partial charge in [0, 0.05) is 48.9 Å². The van der Waals surface area contributed by atoms with Gasteiger partial charge in [-0.15, -0.1) is 11.3 Å². The first-order valence-electron chi connectivity index (χ1n) is 23.6. The number of rotatable bonds is 26. The Morgan fingerprint density at radius 1 is 0.800 bits per heavy atom. The highest BCUT2D eigenvalue weighted by atomic mass is 32.1. The van der Waals surface area contributed by atoms with Crippen molar-refractivity contribution in [3.8, 4) is 27.4 Å². The maximum Gasteiger partial charge on any atom is 0.251 e. The largest absolute Gasteiger partial charge is 0.497 e. The van der Waals surface area contributed by atoms with Gasteiger partial charge in [0.15, 0.2) is 0 Å². The molecule has 3 aromatic carbocycles. The number of aryl methyl sites for hydroxylation is 1. The quantitative estimate of drug-likeness (QED) is 0.0432. The highest BCUT2D eigenvalue weighted by Crippen LogP contribution is 2.30. The zero-order valence-electron chi connectivity index (χ0n) is 41.0. The Bertz CT molecular complexity index is 2460. The first kappa shape index (κ1) is 53.0. The lowest BCUT2D eigenvalue weighted by Crippen LogP contribution is -2.57. The molecule has 6 rings (SSSR count). The fourth-order valence-corrected chi connectivity index (χ4v) is 8.55. The van der Waals surface area contributed by atoms with Gasteiger partial charge in [-0.2, -0.15) is 0 Å². The molecule has 0 spiro atoms. The summed E-state index contributed by atoms with van der Waals surface area (Å²) < 4.78 is 27.6. The van der Waals surface area contributed by atoms with Crippen molar-refractivity contribution in [3.63, 3.8) is 0 Å². The van der Waals surface area contributed by atoms with Crippen molar-refractivity contribution in [3.05, 3.63) is 108 Å². The summed E-state index contributed by atoms with van der Waals surface area (Å²) in [5.41, 5.74) is 7.06. The molecule has 18 heteroatoms. The molecular formula is C52H66N8O9S. The van der Waals surface area contributed by atoms with Crippen molar-refractivity contribution < 1.29 is 42.9 Å². The van der Waals surface area contributed by atoms with Gasteiger partial charge in [0.2, 0.25) is 17.7 Å². The highest BCUT2D eigenvalue weighted by molar-refractivity contribution is 7.13. The lowest BCUT2D eigenvalue weighted by Gasteiger charge is -2.35. The van der Waals surface area contributed by atoms with Crippen LogP contribution in [0.1, 0.15) is 62.2 Å². The van der Waals surface area contributed by atoms with Gasteiger partial charge in [0.1, 0.15) is 30.0 Å². The van der Waals surface area contributed by atoms with E-state index in [1.807, 2.05) is 107 Å². The van der Waals surface area contributed by atoms with E-state index in [2.05, 4.69) is 36.2 Å². The van der Waals surface area contributed by atoms with Crippen molar-refractivity contribution in [2.24, 2.45) is 11.3 Å². The number of ether oxygens (including phenoxy) is 5. The molecule has 1 aliphatic rings. The summed E-state index contributed by atoms with van der Waals surface area (Å²) in [6.07, 6.45) is 2.09. The minimum atomic E-state index is -0.825. The molecule has 1 aliphatic heterocycles. The normalized spacial score (nSPS) is 15.0. The minimum Gasteiger partial charge on any atom is -0.497 e. The Kier molecular flexibility index (Phi) is 20.2. The number of carbonyl (C=O) groups is 4. The van der Waals surface area contributed by atoms with E-state index in [0.717, 1.165) is 38.7 Å². The SMILES string of the molecule is COc1ccc(Nc2cc(-c3cccc(C(=O)NCCOCCOCCOCCOCCC(=O)N[C@H](C(=O)N4C[C@H](C)C[C@H]4C(=O)NCc4ccc(-c5scnc5C)cc4)C(C)(C)C)c3)ncn2)cc1. The van der Waals surface area contributed by atoms with Crippen LogP contribution in [-0.4, -0.2) is 129 Å². The molecule has 4 amide bonds. The number of likely N-dealkylation sites (tertiary alicyclic amines) is 1. The van der Waals surface area contributed by atoms with E-state index in [9.17, 15) is 19.2 Å². The van der Waals surface area contributed by atoms with Crippen LogP contribution in [0.3, 0.4) is 0 Å². The second kappa shape index (κ2) is 26.6. The van der Waals surface area contributed by atoms with Crippen LogP contribution in [0.25, 0.3) is 21.7 Å². The van der Waals surface area contributed by atoms with Gasteiger partial charge in [0.25, 0.3) is 5.91 Å². The first-order chi connectivity index (χ1) is 33.8. The van der Waals surface area contributed by atoms with Crippen LogP contribution in [0, 0.1) is 18.3 Å². The summed E-state index contributed by atoms with van der Waals surface area (Å²) in [6.45, 7) is 13.4. The van der Waals surface area contributed by atoms with Gasteiger partial charge in [-0.3, -0.25) is 19.2 Å². The Morgan fingerprint density at radius 2 is 1.49 bits per heavy atom. The summed E-state index contributed by atoms with van der Waals surface area (Å²) >= 11 is 1.59. The van der Waals surface area contributed by atoms with Crippen LogP contribution in [0.4, 0.5) is 11.5 Å². The third-order valence-corrected chi connectivity index (χ3v) is 12.5. The number of thiazole rings is 1. The second-order valence-electron chi connectivity index (χ2n) is 18.1. The first-order valence-corrected chi connectivity index (χ1v) is 24.5. The number of amides is 4. The van der Waals surface area contributed by atoms with Crippen LogP contribution < -0.4 is 26.0 Å². The molecule has 0 unspecified atom stereocenters. The standard InChI is InChI=1S/C52H66N8O9S/c1-35-28-44(50(63)54-31-37-10-12-38(13-11-37)47-36(2)57-34-70-47)60(32-35)51(64)48(52(3,4)5)59-46(61)18-20-66-22-24-68-26-27-69-25-23-67-21-19-53-49(62)40-9-7-8-39(29-40)43-30-45(56-33-55-43)58-41-14-16-42(65-6)17-15-41/h7-17,29-30,33-35,44,48H,18-28,31-32H2,1-6H3,(H,53,62)(H,54,63)(H,59,61)(H,55,56,58)/t35-,44+,48-/m1/s1. The summed E-state index contributed by atoms with van der Waals surface area (Å²) in [5, 5.41) is 12.1. The summed E-state index contributed by atoms with van der Waals surface area (Å²) in [7, 11) is 1.62. The molecule has 3 heterocycles. The number of aromatic nitrogens is 3. The van der Waals surface area contributed by atoms with E-state index in [0.29, 0.717) is 82.8 Å². The van der Waals surface area contributed by atoms with Crippen molar-refractivity contribution in [1.29, 1.82) is 0 Å². The van der Waals surface area contributed by atoms with Crippen molar-refractivity contribution >= 4 is 46.5 Å². The number of nitrogens with one attached hydrogen (secondary N) is 4. The molecule has 374 valence electrons. The second-order valence-corrected chi connectivity index (χ2v) is 18.9. The summed E-state index contributed by atoms with van der Waals surface area (Å²) in [4.78, 5) is 69.3. The molecule has 1 fully saturated rings. The van der Waals surface area contributed by atoms with Crippen molar-refractivity contribution in [1.82, 2.24) is 35.8 Å². The monoisotopic (exact) mass is 978 g/mol. The van der Waals surface area contributed by atoms with E-state index in [4.69, 9.17) is 23.7 Å². The molecule has 3 atom stereocenters. The average molecular weight is 979 g/mol. The molecule has 5 aromatic rings. The lowest BCUT2D eigenvalue weighted by molar-refractivity contribution is -0.144. The maximum atomic E-state index is 14.0. The van der Waals surface area contributed by atoms with Gasteiger partial charge in [-0.1, -0.05) is 64.1 Å². The molecule has 0 radical (unpaired) electrons. The Balaban J connectivity index is 0.791. The fourth-order valence-electron chi connectivity index (χ4n) is 7.74. The van der Waals surface area contributed by atoms with Crippen LogP contribution in [0.5, 0.6) is 5.75 Å². The van der Waals surface area contributed by atoms with Crippen molar-refractivity contribution in [2.45, 2.75) is 66.1 Å². The molecule has 4 N–H and O–H groups in total. The number of nitrogens with zero attached hydrogens (tertiary/aromatic N) is 4. The van der Waals surface area contributed by atoms with E-state index >= 15 is 0 Å². The third kappa shape index (κ3) is 16.1. The summed E-state index contributed by atoms with van der Waals surface area (Å²) in [6, 6.07) is 23.2. The molecule has 0 bridgehead atoms. The van der Waals surface area contributed by atoms with E-state index in [1.54, 1.807) is 35.5 Å². The lowest BCUT2D eigenvalue weighted by atomic mass is 9.85. The van der Waals surface area contributed by atoms with Crippen LogP contribution in [-0.2, 0) is 39.9 Å². The minimum absolute atomic E-state index is 0.0670. The topological polar surface area (TPSA) is 204 Å². The number of carbonyl (C=O) groups excluding carboxylic acids is 4. The number of benzene rings is 3. The number of hydrogen-bond acceptors (Lipinski definition) is 14. The zero-order chi connectivity index (χ0) is 49.9. The molecular weight excluding hydrogens is 913 g/mol. The van der Waals surface area contributed by atoms with Gasteiger partial charge in [0.05, 0.1) is 81.7 Å². The van der Waals surface area contributed by atoms with Gasteiger partial charge >= 0.3 is 0 Å². The Morgan fingerprint density at radius 3 is 2.14 bits per heavy atom. The van der Waals surface area contributed by atoms with Crippen molar-refractivity contribution in [2.75, 3.05) is 78.4 Å². The fraction of sp³-hybridized carbons (Fsp3) is 0.442. The van der Waals surface area contributed by atoms with E-state index in [1.165, 1.54) is 6.33 Å². The van der Waals surface area contributed by atoms with Crippen LogP contribution in [0.15, 0.2) is 90.7 Å². The predicted octanol–water partition coefficient (Wildman–Crippen LogP) is 6.60. The van der Waals surface area contributed by atoms with E-state index < -0.39 is 17.5 Å². The third-order valence-electron chi connectivity index (χ3n) is 11.5. The maximum absolute atomic E-state index is 14.0. The van der Waals surface area contributed by atoms with Gasteiger partial charge < -0.3 is 49.9 Å². The smallest absolute Gasteiger partial charge is 0.251 e. The number of anilines is 2. The molecule has 0 saturated carbocycles. The zero-order valence-corrected chi connectivity index (χ0v) is 41.8. The molecule has 2 aromatic heterocycles. The molecule has 17 nitrogen and oxygen atoms in total. The van der Waals surface area contributed by atoms with E-state index in [-0.39, 0.29) is 49.2 Å². The highest BCUT2D eigenvalue weighted by Gasteiger charge is 2.43. The number of methoxy groups -OCH3 is 1. The number of hydrogen-bond donors (Lipinski definition) is 4. The Labute approximate surface area is 414 Å². The van der Waals surface area contributed by atoms with Crippen LogP contribution >= 0.6 is 11.3 Å². The van der Waals surface area contributed by atoms with Crippen LogP contribution in [0.2, 0.25) is 0 Å². The van der Waals surface area contributed by atoms with Gasteiger partial charge in [-0.05, 0) is 72.2 Å². The van der Waals surface area contributed by atoms with Gasteiger partial charge in [-0.25, -0.2) is 15.0 Å². The Hall–Kier alpha value is -6.31. The molecule has 0 aliphatic carbocycles.